The fourth-order valence-electron chi connectivity index (χ4n) is 3.07. The molecule has 1 aromatic carbocycles. The second-order valence-corrected chi connectivity index (χ2v) is 5.86. The molecule has 7 nitrogen and oxygen atoms in total. The molecular formula is C15H14F3N3O4. The van der Waals surface area contributed by atoms with Gasteiger partial charge < -0.3 is 15.0 Å². The maximum Gasteiger partial charge on any atom is 0.406 e. The molecule has 0 bridgehead atoms. The van der Waals surface area contributed by atoms with Crippen LogP contribution in [0.25, 0.3) is 11.0 Å². The van der Waals surface area contributed by atoms with Crippen molar-refractivity contribution in [3.63, 3.8) is 0 Å². The predicted octanol–water partition coefficient (Wildman–Crippen LogP) is 1.58. The van der Waals surface area contributed by atoms with Gasteiger partial charge in [0.15, 0.2) is 0 Å². The van der Waals surface area contributed by atoms with E-state index in [0.717, 1.165) is 0 Å². The lowest BCUT2D eigenvalue weighted by Gasteiger charge is -2.21. The molecule has 2 N–H and O–H groups in total. The number of likely N-dealkylation sites (tertiary alicyclic amines) is 1. The summed E-state index contributed by atoms with van der Waals surface area (Å²) < 4.78 is 38.2. The Morgan fingerprint density at radius 1 is 1.32 bits per heavy atom. The molecule has 1 unspecified atom stereocenters. The highest BCUT2D eigenvalue weighted by Gasteiger charge is 2.35. The third kappa shape index (κ3) is 3.24. The molecule has 0 radical (unpaired) electrons. The number of H-pyrrole nitrogens is 1. The number of aromatic nitrogens is 2. The molecule has 134 valence electrons. The third-order valence-corrected chi connectivity index (χ3v) is 4.16. The molecule has 0 saturated carbocycles. The second-order valence-electron chi connectivity index (χ2n) is 5.86. The fraction of sp³-hybridized carbons (Fsp3) is 0.400. The third-order valence-electron chi connectivity index (χ3n) is 4.16. The number of rotatable bonds is 3. The van der Waals surface area contributed by atoms with Gasteiger partial charge in [-0.2, -0.15) is 13.2 Å². The minimum Gasteiger partial charge on any atom is -0.480 e. The Balaban J connectivity index is 1.96. The van der Waals surface area contributed by atoms with Crippen LogP contribution in [0.5, 0.6) is 0 Å². The van der Waals surface area contributed by atoms with E-state index < -0.39 is 36.3 Å². The summed E-state index contributed by atoms with van der Waals surface area (Å²) >= 11 is 0. The lowest BCUT2D eigenvalue weighted by atomic mass is 10.1. The number of fused-ring (bicyclic) bond motifs is 1. The lowest BCUT2D eigenvalue weighted by Crippen LogP contribution is -2.40. The second kappa shape index (κ2) is 5.94. The molecule has 1 aliphatic heterocycles. The summed E-state index contributed by atoms with van der Waals surface area (Å²) in [6, 6.07) is 2.89. The van der Waals surface area contributed by atoms with E-state index >= 15 is 0 Å². The van der Waals surface area contributed by atoms with Gasteiger partial charge in [-0.25, -0.2) is 9.59 Å². The van der Waals surface area contributed by atoms with Crippen molar-refractivity contribution in [3.05, 3.63) is 34.2 Å². The summed E-state index contributed by atoms with van der Waals surface area (Å²) in [7, 11) is 0. The van der Waals surface area contributed by atoms with Crippen molar-refractivity contribution >= 4 is 22.9 Å². The van der Waals surface area contributed by atoms with Crippen LogP contribution >= 0.6 is 0 Å². The normalized spacial score (nSPS) is 18.0. The number of aromatic amines is 1. The first-order chi connectivity index (χ1) is 11.7. The summed E-state index contributed by atoms with van der Waals surface area (Å²) in [4.78, 5) is 38.9. The highest BCUT2D eigenvalue weighted by Crippen LogP contribution is 2.23. The van der Waals surface area contributed by atoms with Crippen LogP contribution in [0.4, 0.5) is 13.2 Å². The Hall–Kier alpha value is -2.78. The van der Waals surface area contributed by atoms with Crippen LogP contribution in [-0.4, -0.2) is 50.2 Å². The molecule has 2 heterocycles. The number of carboxylic acid groups (broad SMARTS) is 1. The molecule has 1 atom stereocenters. The number of nitrogens with one attached hydrogen (secondary N) is 1. The van der Waals surface area contributed by atoms with Gasteiger partial charge in [0.25, 0.3) is 5.91 Å². The van der Waals surface area contributed by atoms with Crippen LogP contribution in [0.2, 0.25) is 0 Å². The van der Waals surface area contributed by atoms with Crippen molar-refractivity contribution in [1.29, 1.82) is 0 Å². The zero-order chi connectivity index (χ0) is 18.4. The van der Waals surface area contributed by atoms with Crippen molar-refractivity contribution in [2.45, 2.75) is 31.6 Å². The number of imidazole rings is 1. The van der Waals surface area contributed by atoms with Gasteiger partial charge in [-0.15, -0.1) is 0 Å². The predicted molar refractivity (Wildman–Crippen MR) is 80.3 cm³/mol. The number of hydrogen-bond donors (Lipinski definition) is 2. The molecule has 1 amide bonds. The number of aliphatic carboxylic acids is 1. The van der Waals surface area contributed by atoms with Gasteiger partial charge in [0, 0.05) is 12.1 Å². The summed E-state index contributed by atoms with van der Waals surface area (Å²) in [6.07, 6.45) is -3.65. The van der Waals surface area contributed by atoms with E-state index in [1.54, 1.807) is 0 Å². The smallest absolute Gasteiger partial charge is 0.406 e. The van der Waals surface area contributed by atoms with E-state index in [4.69, 9.17) is 5.11 Å². The van der Waals surface area contributed by atoms with Crippen molar-refractivity contribution in [2.24, 2.45) is 0 Å². The number of alkyl halides is 3. The summed E-state index contributed by atoms with van der Waals surface area (Å²) in [5.74, 6) is -1.63. The first-order valence-electron chi connectivity index (χ1n) is 7.50. The summed E-state index contributed by atoms with van der Waals surface area (Å²) in [6.45, 7) is -1.15. The number of nitrogens with zero attached hydrogens (tertiary/aromatic N) is 2. The highest BCUT2D eigenvalue weighted by molar-refractivity contribution is 5.99. The minimum absolute atomic E-state index is 0.0232. The monoisotopic (exact) mass is 357 g/mol. The lowest BCUT2D eigenvalue weighted by molar-refractivity contribution is -0.141. The standard InChI is InChI=1S/C15H14F3N3O4/c16-15(17,18)7-21-10-4-3-8(6-9(10)19-14(21)25)12(22)20-5-1-2-11(20)13(23)24/h3-4,6,11H,1-2,5,7H2,(H,19,25)(H,23,24). The van der Waals surface area contributed by atoms with Gasteiger partial charge in [0.2, 0.25) is 0 Å². The van der Waals surface area contributed by atoms with Crippen molar-refractivity contribution in [3.8, 4) is 0 Å². The molecule has 25 heavy (non-hydrogen) atoms. The quantitative estimate of drug-likeness (QED) is 0.872. The fourth-order valence-corrected chi connectivity index (χ4v) is 3.07. The molecule has 1 aliphatic rings. The average Bonchev–Trinajstić information content (AvgIpc) is 3.10. The van der Waals surface area contributed by atoms with Crippen LogP contribution in [0, 0.1) is 0 Å². The largest absolute Gasteiger partial charge is 0.480 e. The van der Waals surface area contributed by atoms with E-state index in [0.29, 0.717) is 24.0 Å². The van der Waals surface area contributed by atoms with E-state index in [2.05, 4.69) is 4.98 Å². The minimum atomic E-state index is -4.56. The van der Waals surface area contributed by atoms with E-state index in [1.165, 1.54) is 23.1 Å². The zero-order valence-electron chi connectivity index (χ0n) is 12.8. The molecule has 0 spiro atoms. The first kappa shape index (κ1) is 17.1. The number of carbonyl (C=O) groups excluding carboxylic acids is 1. The number of carboxylic acids is 1. The van der Waals surface area contributed by atoms with E-state index in [1.807, 2.05) is 0 Å². The Labute approximate surface area is 138 Å². The number of amides is 1. The van der Waals surface area contributed by atoms with E-state index in [9.17, 15) is 27.6 Å². The Morgan fingerprint density at radius 2 is 2.04 bits per heavy atom. The molecule has 10 heteroatoms. The zero-order valence-corrected chi connectivity index (χ0v) is 12.8. The van der Waals surface area contributed by atoms with Gasteiger partial charge in [0.05, 0.1) is 11.0 Å². The number of halogens is 3. The van der Waals surface area contributed by atoms with Crippen LogP contribution < -0.4 is 5.69 Å². The van der Waals surface area contributed by atoms with Crippen molar-refractivity contribution < 1.29 is 27.9 Å². The van der Waals surface area contributed by atoms with Crippen molar-refractivity contribution in [2.75, 3.05) is 6.54 Å². The van der Waals surface area contributed by atoms with Crippen LogP contribution in [0.1, 0.15) is 23.2 Å². The maximum atomic E-state index is 12.6. The van der Waals surface area contributed by atoms with Crippen LogP contribution in [0.15, 0.2) is 23.0 Å². The maximum absolute atomic E-state index is 12.6. The molecule has 3 rings (SSSR count). The van der Waals surface area contributed by atoms with Gasteiger partial charge in [0.1, 0.15) is 12.6 Å². The summed E-state index contributed by atoms with van der Waals surface area (Å²) in [5, 5.41) is 9.15. The molecule has 0 aliphatic carbocycles. The summed E-state index contributed by atoms with van der Waals surface area (Å²) in [5.41, 5.74) is -0.705. The van der Waals surface area contributed by atoms with Gasteiger partial charge in [-0.3, -0.25) is 9.36 Å². The van der Waals surface area contributed by atoms with Crippen LogP contribution in [-0.2, 0) is 11.3 Å². The highest BCUT2D eigenvalue weighted by atomic mass is 19.4. The van der Waals surface area contributed by atoms with Crippen molar-refractivity contribution in [1.82, 2.24) is 14.5 Å². The Bertz CT molecular complexity index is 900. The molecule has 1 aromatic heterocycles. The molecule has 2 aromatic rings. The van der Waals surface area contributed by atoms with E-state index in [-0.39, 0.29) is 16.6 Å². The topological polar surface area (TPSA) is 95.4 Å². The molecule has 1 fully saturated rings. The van der Waals surface area contributed by atoms with Gasteiger partial charge >= 0.3 is 17.8 Å². The molecular weight excluding hydrogens is 343 g/mol. The average molecular weight is 357 g/mol. The Morgan fingerprint density at radius 3 is 2.68 bits per heavy atom. The Kier molecular flexibility index (Phi) is 4.05. The molecule has 1 saturated heterocycles. The number of benzene rings is 1. The van der Waals surface area contributed by atoms with Crippen LogP contribution in [0.3, 0.4) is 0 Å². The number of hydrogen-bond acceptors (Lipinski definition) is 3. The SMILES string of the molecule is O=C(O)C1CCCN1C(=O)c1ccc2c(c1)[nH]c(=O)n2CC(F)(F)F. The number of carbonyl (C=O) groups is 2. The van der Waals surface area contributed by atoms with Gasteiger partial charge in [-0.1, -0.05) is 0 Å². The van der Waals surface area contributed by atoms with Gasteiger partial charge in [-0.05, 0) is 31.0 Å². The first-order valence-corrected chi connectivity index (χ1v) is 7.50.